The van der Waals surface area contributed by atoms with Crippen LogP contribution < -0.4 is 10.5 Å². The van der Waals surface area contributed by atoms with Crippen LogP contribution >= 0.6 is 11.3 Å². The Kier molecular flexibility index (Phi) is 4.63. The summed E-state index contributed by atoms with van der Waals surface area (Å²) in [5, 5.41) is 0.932. The van der Waals surface area contributed by atoms with Crippen LogP contribution in [0.5, 0.6) is 0 Å². The van der Waals surface area contributed by atoms with E-state index in [1.54, 1.807) is 24.2 Å². The summed E-state index contributed by atoms with van der Waals surface area (Å²) in [5.41, 5.74) is 3.62. The van der Waals surface area contributed by atoms with Gasteiger partial charge < -0.3 is 9.64 Å². The number of benzene rings is 1. The van der Waals surface area contributed by atoms with Crippen molar-refractivity contribution >= 4 is 37.5 Å². The van der Waals surface area contributed by atoms with Gasteiger partial charge in [-0.2, -0.15) is 0 Å². The van der Waals surface area contributed by atoms with Gasteiger partial charge in [0, 0.05) is 27.4 Å². The smallest absolute Gasteiger partial charge is 0.275 e. The number of hydrogen-bond acceptors (Lipinski definition) is 6. The van der Waals surface area contributed by atoms with E-state index in [-0.39, 0.29) is 5.56 Å². The molecule has 0 atom stereocenters. The molecule has 4 rings (SSSR count). The topological polar surface area (TPSA) is 60.2 Å². The van der Waals surface area contributed by atoms with Gasteiger partial charge in [0.15, 0.2) is 0 Å². The van der Waals surface area contributed by atoms with Crippen molar-refractivity contribution in [2.75, 3.05) is 32.7 Å². The third kappa shape index (κ3) is 3.09. The molecule has 6 nitrogen and oxygen atoms in total. The molecule has 3 heterocycles. The first-order chi connectivity index (χ1) is 13.1. The lowest BCUT2D eigenvalue weighted by Crippen LogP contribution is -2.17. The molecule has 138 valence electrons. The van der Waals surface area contributed by atoms with Gasteiger partial charge in [0.1, 0.15) is 15.9 Å². The van der Waals surface area contributed by atoms with Crippen LogP contribution in [0.2, 0.25) is 0 Å². The number of hydrogen-bond donors (Lipinski definition) is 0. The quantitative estimate of drug-likeness (QED) is 0.532. The summed E-state index contributed by atoms with van der Waals surface area (Å²) in [4.78, 5) is 25.0. The number of fused-ring (bicyclic) bond motifs is 3. The Bertz CT molecular complexity index is 1160. The first kappa shape index (κ1) is 17.6. The molecule has 27 heavy (non-hydrogen) atoms. The molecule has 3 aromatic heterocycles. The molecule has 0 amide bonds. The van der Waals surface area contributed by atoms with Gasteiger partial charge in [0.25, 0.3) is 5.56 Å². The third-order valence-electron chi connectivity index (χ3n) is 4.55. The van der Waals surface area contributed by atoms with Crippen LogP contribution in [0.15, 0.2) is 47.7 Å². The minimum Gasteiger partial charge on any atom is -0.384 e. The van der Waals surface area contributed by atoms with Gasteiger partial charge in [-0.3, -0.25) is 9.36 Å². The number of pyridine rings is 1. The zero-order chi connectivity index (χ0) is 19.0. The first-order valence-electron chi connectivity index (χ1n) is 8.64. The Morgan fingerprint density at radius 3 is 2.63 bits per heavy atom. The molecule has 0 aliphatic carbocycles. The summed E-state index contributed by atoms with van der Waals surface area (Å²) < 4.78 is 7.32. The molecular weight excluding hydrogens is 360 g/mol. The molecule has 0 saturated heterocycles. The second kappa shape index (κ2) is 7.09. The Balaban J connectivity index is 1.84. The largest absolute Gasteiger partial charge is 0.384 e. The maximum Gasteiger partial charge on any atom is 0.275 e. The molecule has 0 fully saturated rings. The van der Waals surface area contributed by atoms with Crippen LogP contribution in [0.4, 0.5) is 5.69 Å². The van der Waals surface area contributed by atoms with Gasteiger partial charge in [0.05, 0.1) is 28.9 Å². The fourth-order valence-electron chi connectivity index (χ4n) is 3.14. The van der Waals surface area contributed by atoms with Crippen LogP contribution in [0.25, 0.3) is 26.1 Å². The van der Waals surface area contributed by atoms with Crippen molar-refractivity contribution in [3.63, 3.8) is 0 Å². The molecule has 0 aliphatic heterocycles. The fraction of sp³-hybridized carbons (Fsp3) is 0.250. The van der Waals surface area contributed by atoms with Gasteiger partial charge >= 0.3 is 0 Å². The van der Waals surface area contributed by atoms with Gasteiger partial charge in [-0.1, -0.05) is 12.1 Å². The molecule has 0 radical (unpaired) electrons. The van der Waals surface area contributed by atoms with Gasteiger partial charge in [-0.15, -0.1) is 11.3 Å². The van der Waals surface area contributed by atoms with Gasteiger partial charge in [0.2, 0.25) is 0 Å². The second-order valence-electron chi connectivity index (χ2n) is 6.51. The van der Waals surface area contributed by atoms with Crippen molar-refractivity contribution in [3.8, 4) is 5.69 Å². The minimum absolute atomic E-state index is 0.0719. The van der Waals surface area contributed by atoms with Gasteiger partial charge in [-0.05, 0) is 30.2 Å². The molecule has 0 unspecified atom stereocenters. The molecule has 0 bridgehead atoms. The highest BCUT2D eigenvalue weighted by atomic mass is 32.1. The van der Waals surface area contributed by atoms with E-state index in [1.165, 1.54) is 16.9 Å². The minimum atomic E-state index is -0.0719. The third-order valence-corrected chi connectivity index (χ3v) is 5.63. The Labute approximate surface area is 160 Å². The van der Waals surface area contributed by atoms with E-state index in [2.05, 4.69) is 9.97 Å². The average molecular weight is 380 g/mol. The van der Waals surface area contributed by atoms with Crippen molar-refractivity contribution in [2.45, 2.75) is 6.42 Å². The van der Waals surface area contributed by atoms with Gasteiger partial charge in [-0.25, -0.2) is 9.97 Å². The van der Waals surface area contributed by atoms with E-state index in [9.17, 15) is 4.79 Å². The molecule has 7 heteroatoms. The van der Waals surface area contributed by atoms with Crippen LogP contribution in [0, 0.1) is 0 Å². The lowest BCUT2D eigenvalue weighted by atomic mass is 10.1. The fourth-order valence-corrected chi connectivity index (χ4v) is 4.18. The molecule has 1 aromatic carbocycles. The van der Waals surface area contributed by atoms with Crippen LogP contribution in [-0.2, 0) is 11.2 Å². The molecule has 0 aliphatic rings. The Hall–Kier alpha value is -2.77. The SMILES string of the molecule is COCCc1ccc(-n2cnc3c(sc4nccc(N(C)C)c43)c2=O)cc1. The highest BCUT2D eigenvalue weighted by molar-refractivity contribution is 7.25. The van der Waals surface area contributed by atoms with Crippen molar-refractivity contribution < 1.29 is 4.74 Å². The second-order valence-corrected chi connectivity index (χ2v) is 7.51. The highest BCUT2D eigenvalue weighted by Gasteiger charge is 2.16. The summed E-state index contributed by atoms with van der Waals surface area (Å²) >= 11 is 1.39. The van der Waals surface area contributed by atoms with Crippen LogP contribution in [-0.4, -0.2) is 42.3 Å². The van der Waals surface area contributed by atoms with Crippen molar-refractivity contribution in [1.29, 1.82) is 0 Å². The molecule has 0 spiro atoms. The predicted molar refractivity (Wildman–Crippen MR) is 110 cm³/mol. The first-order valence-corrected chi connectivity index (χ1v) is 9.46. The summed E-state index contributed by atoms with van der Waals surface area (Å²) in [6.07, 6.45) is 4.22. The van der Waals surface area contributed by atoms with E-state index >= 15 is 0 Å². The number of thiophene rings is 1. The predicted octanol–water partition coefficient (Wildman–Crippen LogP) is 3.25. The Morgan fingerprint density at radius 2 is 1.93 bits per heavy atom. The summed E-state index contributed by atoms with van der Waals surface area (Å²) in [6.45, 7) is 0.676. The lowest BCUT2D eigenvalue weighted by molar-refractivity contribution is 0.202. The van der Waals surface area contributed by atoms with E-state index in [0.717, 1.165) is 28.0 Å². The van der Waals surface area contributed by atoms with Crippen molar-refractivity contribution in [2.24, 2.45) is 0 Å². The maximum absolute atomic E-state index is 13.1. The van der Waals surface area contributed by atoms with Crippen LogP contribution in [0.3, 0.4) is 0 Å². The van der Waals surface area contributed by atoms with Crippen molar-refractivity contribution in [1.82, 2.24) is 14.5 Å². The van der Waals surface area contributed by atoms with E-state index in [0.29, 0.717) is 16.8 Å². The summed E-state index contributed by atoms with van der Waals surface area (Å²) in [6, 6.07) is 9.86. The van der Waals surface area contributed by atoms with Crippen LogP contribution in [0.1, 0.15) is 5.56 Å². The normalized spacial score (nSPS) is 11.4. The molecule has 0 N–H and O–H groups in total. The molecule has 0 saturated carbocycles. The van der Waals surface area contributed by atoms with E-state index < -0.39 is 0 Å². The summed E-state index contributed by atoms with van der Waals surface area (Å²) in [7, 11) is 5.64. The highest BCUT2D eigenvalue weighted by Crippen LogP contribution is 2.35. The monoisotopic (exact) mass is 380 g/mol. The van der Waals surface area contributed by atoms with E-state index in [1.807, 2.05) is 49.3 Å². The summed E-state index contributed by atoms with van der Waals surface area (Å²) in [5.74, 6) is 0. The average Bonchev–Trinajstić information content (AvgIpc) is 3.07. The van der Waals surface area contributed by atoms with E-state index in [4.69, 9.17) is 4.74 Å². The van der Waals surface area contributed by atoms with Crippen molar-refractivity contribution in [3.05, 3.63) is 58.8 Å². The maximum atomic E-state index is 13.1. The number of rotatable bonds is 5. The Morgan fingerprint density at radius 1 is 1.15 bits per heavy atom. The lowest BCUT2D eigenvalue weighted by Gasteiger charge is -2.13. The number of aromatic nitrogens is 3. The molecular formula is C20H20N4O2S. The number of nitrogens with zero attached hydrogens (tertiary/aromatic N) is 4. The molecule has 4 aromatic rings. The standard InChI is InChI=1S/C20H20N4O2S/c1-23(2)15-8-10-21-19-16(15)17-18(27-19)20(25)24(12-22-17)14-6-4-13(5-7-14)9-11-26-3/h4-8,10,12H,9,11H2,1-3H3. The zero-order valence-corrected chi connectivity index (χ0v) is 16.3. The number of methoxy groups -OCH3 is 1. The zero-order valence-electron chi connectivity index (χ0n) is 15.5. The number of ether oxygens (including phenoxy) is 1. The number of anilines is 1.